The van der Waals surface area contributed by atoms with Crippen molar-refractivity contribution in [2.24, 2.45) is 0 Å². The number of methoxy groups -OCH3 is 2. The van der Waals surface area contributed by atoms with Crippen LogP contribution in [-0.4, -0.2) is 29.0 Å². The fourth-order valence-corrected chi connectivity index (χ4v) is 3.90. The molecular formula is C23H26N4O3S. The zero-order valence-electron chi connectivity index (χ0n) is 18.1. The molecule has 0 saturated carbocycles. The van der Waals surface area contributed by atoms with Gasteiger partial charge in [0.1, 0.15) is 0 Å². The topological polar surface area (TPSA) is 78.3 Å². The lowest BCUT2D eigenvalue weighted by atomic mass is 10.1. The lowest BCUT2D eigenvalue weighted by Gasteiger charge is -2.14. The molecule has 1 aromatic heterocycles. The highest BCUT2D eigenvalue weighted by Crippen LogP contribution is 2.30. The molecule has 8 heteroatoms. The quantitative estimate of drug-likeness (QED) is 0.389. The lowest BCUT2D eigenvalue weighted by Crippen LogP contribution is -2.26. The molecule has 0 spiro atoms. The van der Waals surface area contributed by atoms with Crippen molar-refractivity contribution in [3.05, 3.63) is 76.1 Å². The summed E-state index contributed by atoms with van der Waals surface area (Å²) in [6, 6.07) is 11.6. The fourth-order valence-electron chi connectivity index (χ4n) is 3.01. The third-order valence-corrected chi connectivity index (χ3v) is 5.94. The molecule has 0 aliphatic carbocycles. The second-order valence-corrected chi connectivity index (χ2v) is 7.83. The average Bonchev–Trinajstić information content (AvgIpc) is 2.78. The van der Waals surface area contributed by atoms with E-state index >= 15 is 0 Å². The van der Waals surface area contributed by atoms with Gasteiger partial charge in [0.05, 0.1) is 14.2 Å². The first kappa shape index (κ1) is 22.4. The Hall–Kier alpha value is -3.26. The van der Waals surface area contributed by atoms with Gasteiger partial charge in [0.25, 0.3) is 5.56 Å². The zero-order valence-corrected chi connectivity index (χ0v) is 19.0. The van der Waals surface area contributed by atoms with E-state index in [-0.39, 0.29) is 11.4 Å². The number of hydrogen-bond acceptors (Lipinski definition) is 7. The Balaban J connectivity index is 1.86. The molecule has 0 unspecified atom stereocenters. The van der Waals surface area contributed by atoms with Crippen LogP contribution < -0.4 is 20.3 Å². The van der Waals surface area contributed by atoms with Crippen LogP contribution in [0.1, 0.15) is 16.7 Å². The molecule has 0 aliphatic rings. The van der Waals surface area contributed by atoms with Crippen LogP contribution in [0.2, 0.25) is 0 Å². The van der Waals surface area contributed by atoms with Gasteiger partial charge in [-0.15, -0.1) is 16.8 Å². The van der Waals surface area contributed by atoms with Gasteiger partial charge < -0.3 is 14.8 Å². The maximum Gasteiger partial charge on any atom is 0.297 e. The summed E-state index contributed by atoms with van der Waals surface area (Å²) in [6.07, 6.45) is 1.67. The number of ether oxygens (including phenoxy) is 2. The first-order valence-corrected chi connectivity index (χ1v) is 10.7. The molecule has 0 radical (unpaired) electrons. The molecule has 0 bridgehead atoms. The number of benzene rings is 2. The molecule has 1 heterocycles. The third-order valence-electron chi connectivity index (χ3n) is 4.90. The van der Waals surface area contributed by atoms with Crippen molar-refractivity contribution < 1.29 is 9.47 Å². The van der Waals surface area contributed by atoms with Gasteiger partial charge in [-0.25, -0.2) is 0 Å². The van der Waals surface area contributed by atoms with Crippen molar-refractivity contribution in [3.63, 3.8) is 0 Å². The summed E-state index contributed by atoms with van der Waals surface area (Å²) in [5.74, 6) is 2.10. The largest absolute Gasteiger partial charge is 0.493 e. The SMILES string of the molecule is C=CCn1c(SCc2ccc(OC)c(OC)c2)nnc(Nc2cccc(C)c2C)c1=O. The molecule has 1 N–H and O–H groups in total. The van der Waals surface area contributed by atoms with Gasteiger partial charge in [-0.3, -0.25) is 9.36 Å². The normalized spacial score (nSPS) is 10.6. The van der Waals surface area contributed by atoms with Crippen LogP contribution in [0.3, 0.4) is 0 Å². The van der Waals surface area contributed by atoms with Gasteiger partial charge in [0, 0.05) is 18.0 Å². The molecule has 7 nitrogen and oxygen atoms in total. The minimum absolute atomic E-state index is 0.186. The van der Waals surface area contributed by atoms with Crippen molar-refractivity contribution in [1.29, 1.82) is 0 Å². The van der Waals surface area contributed by atoms with Crippen molar-refractivity contribution in [3.8, 4) is 11.5 Å². The standard InChI is InChI=1S/C23H26N4O3S/c1-6-12-27-22(28)21(24-18-9-7-8-15(2)16(18)3)25-26-23(27)31-14-17-10-11-19(29-4)20(13-17)30-5/h6-11,13H,1,12,14H2,2-5H3,(H,24,25). The molecule has 3 aromatic rings. The van der Waals surface area contributed by atoms with E-state index in [0.717, 1.165) is 22.4 Å². The van der Waals surface area contributed by atoms with Gasteiger partial charge in [0.15, 0.2) is 16.7 Å². The Morgan fingerprint density at radius 2 is 1.90 bits per heavy atom. The highest BCUT2D eigenvalue weighted by molar-refractivity contribution is 7.98. The van der Waals surface area contributed by atoms with E-state index in [2.05, 4.69) is 22.1 Å². The first-order valence-electron chi connectivity index (χ1n) is 9.73. The lowest BCUT2D eigenvalue weighted by molar-refractivity contribution is 0.354. The summed E-state index contributed by atoms with van der Waals surface area (Å²) in [5.41, 5.74) is 3.80. The minimum atomic E-state index is -0.245. The molecule has 0 atom stereocenters. The van der Waals surface area contributed by atoms with E-state index in [9.17, 15) is 4.79 Å². The Morgan fingerprint density at radius 3 is 2.61 bits per heavy atom. The van der Waals surface area contributed by atoms with Crippen LogP contribution >= 0.6 is 11.8 Å². The number of nitrogens with zero attached hydrogens (tertiary/aromatic N) is 3. The maximum absolute atomic E-state index is 13.1. The van der Waals surface area contributed by atoms with Crippen LogP contribution in [0.4, 0.5) is 11.5 Å². The second-order valence-electron chi connectivity index (χ2n) is 6.89. The Bertz CT molecular complexity index is 1140. The van der Waals surface area contributed by atoms with E-state index < -0.39 is 0 Å². The number of rotatable bonds is 9. The number of allylic oxidation sites excluding steroid dienone is 1. The maximum atomic E-state index is 13.1. The summed E-state index contributed by atoms with van der Waals surface area (Å²) in [7, 11) is 3.20. The van der Waals surface area contributed by atoms with Crippen LogP contribution in [0, 0.1) is 13.8 Å². The molecule has 0 amide bonds. The average molecular weight is 439 g/mol. The molecule has 2 aromatic carbocycles. The Morgan fingerprint density at radius 1 is 1.13 bits per heavy atom. The van der Waals surface area contributed by atoms with Crippen LogP contribution in [-0.2, 0) is 12.3 Å². The number of nitrogens with one attached hydrogen (secondary N) is 1. The molecule has 3 rings (SSSR count). The highest BCUT2D eigenvalue weighted by atomic mass is 32.2. The Labute approximate surface area is 186 Å². The van der Waals surface area contributed by atoms with E-state index in [0.29, 0.717) is 29.0 Å². The zero-order chi connectivity index (χ0) is 22.4. The smallest absolute Gasteiger partial charge is 0.297 e. The van der Waals surface area contributed by atoms with Crippen molar-refractivity contribution in [2.45, 2.75) is 31.3 Å². The number of hydrogen-bond donors (Lipinski definition) is 1. The second kappa shape index (κ2) is 10.2. The summed E-state index contributed by atoms with van der Waals surface area (Å²) in [4.78, 5) is 13.1. The van der Waals surface area contributed by atoms with Crippen LogP contribution in [0.5, 0.6) is 11.5 Å². The Kier molecular flexibility index (Phi) is 7.36. The van der Waals surface area contributed by atoms with Crippen LogP contribution in [0.25, 0.3) is 0 Å². The molecule has 0 fully saturated rings. The summed E-state index contributed by atoms with van der Waals surface area (Å²) in [6.45, 7) is 8.13. The summed E-state index contributed by atoms with van der Waals surface area (Å²) in [5, 5.41) is 12.1. The molecule has 31 heavy (non-hydrogen) atoms. The monoisotopic (exact) mass is 438 g/mol. The molecule has 0 saturated heterocycles. The minimum Gasteiger partial charge on any atom is -0.493 e. The predicted molar refractivity (Wildman–Crippen MR) is 125 cm³/mol. The van der Waals surface area contributed by atoms with Crippen molar-refractivity contribution in [2.75, 3.05) is 19.5 Å². The molecule has 0 aliphatic heterocycles. The fraction of sp³-hybridized carbons (Fsp3) is 0.261. The van der Waals surface area contributed by atoms with E-state index in [1.165, 1.54) is 11.8 Å². The van der Waals surface area contributed by atoms with Gasteiger partial charge >= 0.3 is 0 Å². The van der Waals surface area contributed by atoms with Crippen molar-refractivity contribution in [1.82, 2.24) is 14.8 Å². The highest BCUT2D eigenvalue weighted by Gasteiger charge is 2.14. The van der Waals surface area contributed by atoms with E-state index in [4.69, 9.17) is 9.47 Å². The molecule has 162 valence electrons. The number of aromatic nitrogens is 3. The number of anilines is 2. The van der Waals surface area contributed by atoms with E-state index in [1.54, 1.807) is 24.9 Å². The van der Waals surface area contributed by atoms with Gasteiger partial charge in [-0.05, 0) is 48.7 Å². The number of thioether (sulfide) groups is 1. The van der Waals surface area contributed by atoms with Crippen LogP contribution in [0.15, 0.2) is 59.0 Å². The van der Waals surface area contributed by atoms with Crippen molar-refractivity contribution >= 4 is 23.3 Å². The predicted octanol–water partition coefficient (Wildman–Crippen LogP) is 4.49. The van der Waals surface area contributed by atoms with E-state index in [1.807, 2.05) is 50.2 Å². The number of aryl methyl sites for hydroxylation is 1. The molecular weight excluding hydrogens is 412 g/mol. The summed E-state index contributed by atoms with van der Waals surface area (Å²) >= 11 is 1.42. The van der Waals surface area contributed by atoms with Gasteiger partial charge in [-0.1, -0.05) is 36.0 Å². The van der Waals surface area contributed by atoms with Gasteiger partial charge in [0.2, 0.25) is 5.82 Å². The van der Waals surface area contributed by atoms with Gasteiger partial charge in [-0.2, -0.15) is 0 Å². The third kappa shape index (κ3) is 5.08. The first-order chi connectivity index (χ1) is 15.0. The summed E-state index contributed by atoms with van der Waals surface area (Å²) < 4.78 is 12.2.